The maximum absolute atomic E-state index is 4.99. The summed E-state index contributed by atoms with van der Waals surface area (Å²) >= 11 is 1.84. The van der Waals surface area contributed by atoms with Crippen LogP contribution >= 0.6 is 11.3 Å². The molecule has 9 rings (SSSR count). The lowest BCUT2D eigenvalue weighted by molar-refractivity contribution is 1.11. The number of benzene rings is 5. The molecule has 0 aliphatic heterocycles. The molecule has 0 bridgehead atoms. The Morgan fingerprint density at radius 3 is 1.74 bits per heavy atom. The number of hydrogen-bond donors (Lipinski definition) is 0. The van der Waals surface area contributed by atoms with Crippen LogP contribution in [0.5, 0.6) is 0 Å². The monoisotopic (exact) mass is 515 g/mol. The number of fused-ring (bicyclic) bond motifs is 9. The topological polar surface area (TPSA) is 22.8 Å². The first-order chi connectivity index (χ1) is 19.4. The summed E-state index contributed by atoms with van der Waals surface area (Å²) in [6.45, 7) is 0. The van der Waals surface area contributed by atoms with Crippen LogP contribution in [0.15, 0.2) is 128 Å². The molecule has 4 heteroatoms. The van der Waals surface area contributed by atoms with Crippen LogP contribution in [0.2, 0.25) is 0 Å². The number of aromatic nitrogens is 3. The van der Waals surface area contributed by atoms with Crippen molar-refractivity contribution in [1.82, 2.24) is 14.1 Å². The Balaban J connectivity index is 1.41. The number of thiophene rings is 1. The van der Waals surface area contributed by atoms with Crippen LogP contribution in [-0.4, -0.2) is 14.1 Å². The van der Waals surface area contributed by atoms with Crippen LogP contribution in [0.25, 0.3) is 75.3 Å². The molecule has 4 heterocycles. The number of rotatable bonds is 2. The molecule has 0 amide bonds. The molecule has 4 aromatic heterocycles. The van der Waals surface area contributed by atoms with Crippen molar-refractivity contribution < 1.29 is 0 Å². The second-order valence-electron chi connectivity index (χ2n) is 10.0. The minimum atomic E-state index is 0.992. The van der Waals surface area contributed by atoms with Crippen molar-refractivity contribution in [2.45, 2.75) is 0 Å². The highest BCUT2D eigenvalue weighted by Crippen LogP contribution is 2.43. The Bertz CT molecular complexity index is 2340. The van der Waals surface area contributed by atoms with Crippen molar-refractivity contribution >= 4 is 75.1 Å². The molecule has 182 valence electrons. The molecule has 0 atom stereocenters. The van der Waals surface area contributed by atoms with Gasteiger partial charge in [-0.15, -0.1) is 11.3 Å². The smallest absolute Gasteiger partial charge is 0.155 e. The van der Waals surface area contributed by atoms with Crippen molar-refractivity contribution in [2.75, 3.05) is 0 Å². The van der Waals surface area contributed by atoms with Crippen molar-refractivity contribution in [3.63, 3.8) is 0 Å². The quantitative estimate of drug-likeness (QED) is 0.225. The Labute approximate surface area is 227 Å². The van der Waals surface area contributed by atoms with Gasteiger partial charge < -0.3 is 4.57 Å². The molecule has 0 aliphatic carbocycles. The fraction of sp³-hybridized carbons (Fsp3) is 0. The van der Waals surface area contributed by atoms with E-state index in [1.807, 2.05) is 17.5 Å². The summed E-state index contributed by atoms with van der Waals surface area (Å²) in [7, 11) is 0. The van der Waals surface area contributed by atoms with Gasteiger partial charge in [-0.1, -0.05) is 72.8 Å². The van der Waals surface area contributed by atoms with E-state index < -0.39 is 0 Å². The number of pyridine rings is 1. The Hall–Kier alpha value is -4.93. The van der Waals surface area contributed by atoms with Gasteiger partial charge in [-0.05, 0) is 48.5 Å². The first-order valence-corrected chi connectivity index (χ1v) is 14.0. The summed E-state index contributed by atoms with van der Waals surface area (Å²) in [5, 5.41) is 7.58. The molecule has 0 spiro atoms. The first kappa shape index (κ1) is 21.1. The number of hydrogen-bond acceptors (Lipinski definition) is 2. The van der Waals surface area contributed by atoms with Crippen LogP contribution in [-0.2, 0) is 0 Å². The molecule has 3 nitrogen and oxygen atoms in total. The fourth-order valence-electron chi connectivity index (χ4n) is 6.32. The zero-order valence-corrected chi connectivity index (χ0v) is 21.7. The van der Waals surface area contributed by atoms with Gasteiger partial charge in [-0.25, -0.2) is 4.98 Å². The van der Waals surface area contributed by atoms with Gasteiger partial charge in [0.1, 0.15) is 0 Å². The van der Waals surface area contributed by atoms with Gasteiger partial charge in [-0.3, -0.25) is 4.57 Å². The van der Waals surface area contributed by atoms with Gasteiger partial charge in [0, 0.05) is 48.9 Å². The highest BCUT2D eigenvalue weighted by atomic mass is 32.1. The van der Waals surface area contributed by atoms with Gasteiger partial charge in [0.2, 0.25) is 0 Å². The van der Waals surface area contributed by atoms with Crippen molar-refractivity contribution in [3.8, 4) is 11.5 Å². The Kier molecular flexibility index (Phi) is 4.21. The lowest BCUT2D eigenvalue weighted by atomic mass is 10.1. The third-order valence-electron chi connectivity index (χ3n) is 7.97. The van der Waals surface area contributed by atoms with Crippen molar-refractivity contribution in [2.24, 2.45) is 0 Å². The third-order valence-corrected chi connectivity index (χ3v) is 9.13. The second kappa shape index (κ2) is 7.79. The summed E-state index contributed by atoms with van der Waals surface area (Å²) in [6.07, 6.45) is 1.96. The summed E-state index contributed by atoms with van der Waals surface area (Å²) in [6, 6.07) is 43.6. The lowest BCUT2D eigenvalue weighted by Gasteiger charge is -2.07. The highest BCUT2D eigenvalue weighted by Gasteiger charge is 2.19. The zero-order valence-electron chi connectivity index (χ0n) is 20.9. The first-order valence-electron chi connectivity index (χ1n) is 13.2. The predicted molar refractivity (Wildman–Crippen MR) is 166 cm³/mol. The van der Waals surface area contributed by atoms with Gasteiger partial charge in [0.05, 0.1) is 26.8 Å². The average Bonchev–Trinajstić information content (AvgIpc) is 3.64. The minimum Gasteiger partial charge on any atom is -0.309 e. The zero-order chi connectivity index (χ0) is 25.5. The molecule has 0 unspecified atom stereocenters. The van der Waals surface area contributed by atoms with Gasteiger partial charge in [-0.2, -0.15) is 0 Å². The molecular formula is C35H21N3S. The van der Waals surface area contributed by atoms with Gasteiger partial charge in [0.25, 0.3) is 0 Å². The van der Waals surface area contributed by atoms with E-state index in [4.69, 9.17) is 4.98 Å². The Morgan fingerprint density at radius 2 is 1.05 bits per heavy atom. The molecule has 0 aliphatic rings. The predicted octanol–water partition coefficient (Wildman–Crippen LogP) is 9.64. The maximum atomic E-state index is 4.99. The minimum absolute atomic E-state index is 0.992. The molecule has 39 heavy (non-hydrogen) atoms. The largest absolute Gasteiger partial charge is 0.309 e. The normalized spacial score (nSPS) is 12.1. The van der Waals surface area contributed by atoms with E-state index in [1.54, 1.807) is 0 Å². The van der Waals surface area contributed by atoms with E-state index >= 15 is 0 Å². The van der Waals surface area contributed by atoms with Crippen molar-refractivity contribution in [1.29, 1.82) is 0 Å². The summed E-state index contributed by atoms with van der Waals surface area (Å²) in [5.74, 6) is 0.992. The Morgan fingerprint density at radius 1 is 0.462 bits per heavy atom. The standard InChI is InChI=1S/C35H21N3S/c1-2-10-22(11-3-1)37-29-15-7-6-14-25(29)27-20-28-26-18-19-36-35(34(26)39-33(28)21-32(27)37)38-30-16-8-4-12-23(30)24-13-5-9-17-31(24)38/h1-21H. The molecule has 0 saturated carbocycles. The van der Waals surface area contributed by atoms with E-state index in [2.05, 4.69) is 130 Å². The molecule has 9 aromatic rings. The molecule has 0 saturated heterocycles. The molecule has 0 radical (unpaired) electrons. The molecular weight excluding hydrogens is 494 g/mol. The molecule has 0 fully saturated rings. The molecule has 0 N–H and O–H groups in total. The van der Waals surface area contributed by atoms with Crippen LogP contribution < -0.4 is 0 Å². The second-order valence-corrected chi connectivity index (χ2v) is 11.1. The maximum Gasteiger partial charge on any atom is 0.155 e. The van der Waals surface area contributed by atoms with E-state index in [1.165, 1.54) is 69.5 Å². The fourth-order valence-corrected chi connectivity index (χ4v) is 7.51. The highest BCUT2D eigenvalue weighted by molar-refractivity contribution is 7.26. The van der Waals surface area contributed by atoms with Crippen molar-refractivity contribution in [3.05, 3.63) is 128 Å². The van der Waals surface area contributed by atoms with Crippen LogP contribution in [0.4, 0.5) is 0 Å². The van der Waals surface area contributed by atoms with E-state index in [9.17, 15) is 0 Å². The van der Waals surface area contributed by atoms with E-state index in [-0.39, 0.29) is 0 Å². The molecule has 5 aromatic carbocycles. The number of para-hydroxylation sites is 4. The lowest BCUT2D eigenvalue weighted by Crippen LogP contribution is -1.96. The average molecular weight is 516 g/mol. The number of nitrogens with zero attached hydrogens (tertiary/aromatic N) is 3. The van der Waals surface area contributed by atoms with Gasteiger partial charge in [0.15, 0.2) is 5.82 Å². The summed E-state index contributed by atoms with van der Waals surface area (Å²) < 4.78 is 7.21. The third kappa shape index (κ3) is 2.84. The summed E-state index contributed by atoms with van der Waals surface area (Å²) in [4.78, 5) is 4.99. The van der Waals surface area contributed by atoms with Gasteiger partial charge >= 0.3 is 0 Å². The van der Waals surface area contributed by atoms with Crippen LogP contribution in [0, 0.1) is 0 Å². The van der Waals surface area contributed by atoms with Crippen LogP contribution in [0.3, 0.4) is 0 Å². The van der Waals surface area contributed by atoms with Crippen LogP contribution in [0.1, 0.15) is 0 Å². The van der Waals surface area contributed by atoms with E-state index in [0.29, 0.717) is 0 Å². The summed E-state index contributed by atoms with van der Waals surface area (Å²) in [5.41, 5.74) is 6.00. The van der Waals surface area contributed by atoms with E-state index in [0.717, 1.165) is 5.82 Å². The SMILES string of the molecule is c1ccc(-n2c3ccccc3c3cc4c(cc32)sc2c(-n3c5ccccc5c5ccccc53)nccc24)cc1.